The maximum Gasteiger partial charge on any atom is 0.329 e. The molecule has 0 aliphatic rings. The molecule has 0 amide bonds. The van der Waals surface area contributed by atoms with Crippen LogP contribution in [-0.4, -0.2) is 40.8 Å². The Morgan fingerprint density at radius 2 is 2.11 bits per heavy atom. The number of nitrogens with zero attached hydrogens (tertiary/aromatic N) is 2. The minimum absolute atomic E-state index is 0.185. The van der Waals surface area contributed by atoms with Crippen molar-refractivity contribution in [3.05, 3.63) is 20.8 Å². The number of aromatic nitrogens is 2. The Morgan fingerprint density at radius 1 is 1.50 bits per heavy atom. The van der Waals surface area contributed by atoms with E-state index >= 15 is 0 Å². The van der Waals surface area contributed by atoms with Gasteiger partial charge in [0.25, 0.3) is 12.0 Å². The molecule has 0 spiro atoms. The van der Waals surface area contributed by atoms with Gasteiger partial charge in [-0.2, -0.15) is 0 Å². The zero-order chi connectivity index (χ0) is 13.9. The lowest BCUT2D eigenvalue weighted by Gasteiger charge is -2.24. The van der Waals surface area contributed by atoms with E-state index in [1.807, 2.05) is 4.98 Å². The largest absolute Gasteiger partial charge is 0.395 e. The highest BCUT2D eigenvalue weighted by Gasteiger charge is 2.20. The van der Waals surface area contributed by atoms with Gasteiger partial charge < -0.3 is 15.7 Å². The predicted octanol–water partition coefficient (Wildman–Crippen LogP) is -1.28. The molecule has 0 aromatic carbocycles. The SMILES string of the molecule is Cn1c(N)c(N(CCO)CC(F)F)c(=O)[nH]c1=O. The number of hydrogen-bond acceptors (Lipinski definition) is 5. The van der Waals surface area contributed by atoms with Gasteiger partial charge in [0.2, 0.25) is 0 Å². The van der Waals surface area contributed by atoms with Crippen LogP contribution in [0.15, 0.2) is 9.59 Å². The third kappa shape index (κ3) is 2.86. The third-order valence-electron chi connectivity index (χ3n) is 2.39. The fraction of sp³-hybridized carbons (Fsp3) is 0.556. The molecule has 0 atom stereocenters. The average molecular weight is 264 g/mol. The van der Waals surface area contributed by atoms with Crippen LogP contribution in [0, 0.1) is 0 Å². The van der Waals surface area contributed by atoms with E-state index in [1.54, 1.807) is 0 Å². The third-order valence-corrected chi connectivity index (χ3v) is 2.39. The van der Waals surface area contributed by atoms with Gasteiger partial charge in [0.1, 0.15) is 11.5 Å². The van der Waals surface area contributed by atoms with Crippen molar-refractivity contribution in [2.45, 2.75) is 6.43 Å². The Kier molecular flexibility index (Phi) is 4.43. The quantitative estimate of drug-likeness (QED) is 0.614. The van der Waals surface area contributed by atoms with Gasteiger partial charge in [-0.15, -0.1) is 0 Å². The van der Waals surface area contributed by atoms with Crippen molar-refractivity contribution in [2.24, 2.45) is 7.05 Å². The van der Waals surface area contributed by atoms with Gasteiger partial charge in [-0.1, -0.05) is 0 Å². The van der Waals surface area contributed by atoms with Crippen molar-refractivity contribution in [3.8, 4) is 0 Å². The second-order valence-corrected chi connectivity index (χ2v) is 3.61. The molecule has 7 nitrogen and oxygen atoms in total. The van der Waals surface area contributed by atoms with Gasteiger partial charge in [0, 0.05) is 13.6 Å². The molecule has 0 saturated carbocycles. The number of H-pyrrole nitrogens is 1. The normalized spacial score (nSPS) is 10.9. The molecule has 1 aromatic rings. The van der Waals surface area contributed by atoms with Gasteiger partial charge >= 0.3 is 5.69 Å². The summed E-state index contributed by atoms with van der Waals surface area (Å²) in [5.74, 6) is -0.224. The van der Waals surface area contributed by atoms with Gasteiger partial charge in [-0.3, -0.25) is 14.3 Å². The van der Waals surface area contributed by atoms with E-state index in [-0.39, 0.29) is 18.1 Å². The van der Waals surface area contributed by atoms with Crippen LogP contribution in [0.3, 0.4) is 0 Å². The van der Waals surface area contributed by atoms with E-state index in [1.165, 1.54) is 7.05 Å². The van der Waals surface area contributed by atoms with Crippen LogP contribution in [0.25, 0.3) is 0 Å². The first kappa shape index (κ1) is 14.2. The number of nitrogen functional groups attached to an aromatic ring is 1. The molecule has 1 heterocycles. The average Bonchev–Trinajstić information content (AvgIpc) is 2.25. The van der Waals surface area contributed by atoms with Crippen LogP contribution < -0.4 is 21.9 Å². The summed E-state index contributed by atoms with van der Waals surface area (Å²) in [7, 11) is 1.30. The number of halogens is 2. The van der Waals surface area contributed by atoms with Crippen LogP contribution in [-0.2, 0) is 7.05 Å². The fourth-order valence-electron chi connectivity index (χ4n) is 1.51. The molecule has 0 aliphatic heterocycles. The molecule has 0 bridgehead atoms. The Balaban J connectivity index is 3.32. The number of nitrogens with one attached hydrogen (secondary N) is 1. The summed E-state index contributed by atoms with van der Waals surface area (Å²) in [6, 6.07) is 0. The van der Waals surface area contributed by atoms with Crippen molar-refractivity contribution in [3.63, 3.8) is 0 Å². The van der Waals surface area contributed by atoms with Crippen LogP contribution in [0.5, 0.6) is 0 Å². The van der Waals surface area contributed by atoms with E-state index in [0.717, 1.165) is 9.47 Å². The van der Waals surface area contributed by atoms with Crippen LogP contribution >= 0.6 is 0 Å². The molecular formula is C9H14F2N4O3. The van der Waals surface area contributed by atoms with E-state index in [2.05, 4.69) is 0 Å². The lowest BCUT2D eigenvalue weighted by atomic mass is 10.3. The first-order valence-electron chi connectivity index (χ1n) is 5.11. The number of aromatic amines is 1. The maximum absolute atomic E-state index is 12.4. The first-order chi connectivity index (χ1) is 8.38. The summed E-state index contributed by atoms with van der Waals surface area (Å²) in [6.07, 6.45) is -2.70. The molecular weight excluding hydrogens is 250 g/mol. The highest BCUT2D eigenvalue weighted by molar-refractivity contribution is 5.62. The fourth-order valence-corrected chi connectivity index (χ4v) is 1.51. The lowest BCUT2D eigenvalue weighted by molar-refractivity contribution is 0.152. The molecule has 0 unspecified atom stereocenters. The number of anilines is 2. The van der Waals surface area contributed by atoms with Crippen molar-refractivity contribution in [2.75, 3.05) is 30.3 Å². The lowest BCUT2D eigenvalue weighted by Crippen LogP contribution is -2.40. The van der Waals surface area contributed by atoms with Crippen molar-refractivity contribution < 1.29 is 13.9 Å². The minimum Gasteiger partial charge on any atom is -0.395 e. The van der Waals surface area contributed by atoms with Gasteiger partial charge in [-0.25, -0.2) is 13.6 Å². The minimum atomic E-state index is -2.70. The van der Waals surface area contributed by atoms with E-state index < -0.39 is 30.8 Å². The Hall–Kier alpha value is -1.90. The summed E-state index contributed by atoms with van der Waals surface area (Å²) in [4.78, 5) is 25.7. The van der Waals surface area contributed by atoms with E-state index in [0.29, 0.717) is 0 Å². The molecule has 0 radical (unpaired) electrons. The standard InChI is InChI=1S/C9H14F2N4O3/c1-14-7(12)6(8(17)13-9(14)18)15(2-3-16)4-5(10)11/h5,16H,2-4,12H2,1H3,(H,13,17,18). The number of aliphatic hydroxyl groups is 1. The number of hydrogen-bond donors (Lipinski definition) is 3. The van der Waals surface area contributed by atoms with Crippen molar-refractivity contribution in [1.82, 2.24) is 9.55 Å². The Bertz CT molecular complexity index is 526. The van der Waals surface area contributed by atoms with Crippen LogP contribution in [0.1, 0.15) is 0 Å². The van der Waals surface area contributed by atoms with E-state index in [9.17, 15) is 18.4 Å². The summed E-state index contributed by atoms with van der Waals surface area (Å²) in [6.45, 7) is -1.36. The first-order valence-corrected chi connectivity index (χ1v) is 5.11. The Labute approximate surface area is 100 Å². The summed E-state index contributed by atoms with van der Waals surface area (Å²) in [5, 5.41) is 8.81. The molecule has 4 N–H and O–H groups in total. The highest BCUT2D eigenvalue weighted by atomic mass is 19.3. The molecule has 1 aromatic heterocycles. The summed E-state index contributed by atoms with van der Waals surface area (Å²) in [5.41, 5.74) is 3.73. The van der Waals surface area contributed by atoms with Crippen LogP contribution in [0.2, 0.25) is 0 Å². The number of rotatable bonds is 5. The smallest absolute Gasteiger partial charge is 0.329 e. The molecule has 0 saturated heterocycles. The Morgan fingerprint density at radius 3 is 2.61 bits per heavy atom. The molecule has 0 aliphatic carbocycles. The molecule has 102 valence electrons. The summed E-state index contributed by atoms with van der Waals surface area (Å²) >= 11 is 0. The zero-order valence-electron chi connectivity index (χ0n) is 9.69. The highest BCUT2D eigenvalue weighted by Crippen LogP contribution is 2.16. The molecule has 0 fully saturated rings. The monoisotopic (exact) mass is 264 g/mol. The molecule has 1 rings (SSSR count). The number of alkyl halides is 2. The van der Waals surface area contributed by atoms with Crippen molar-refractivity contribution >= 4 is 11.5 Å². The number of aliphatic hydroxyl groups excluding tert-OH is 1. The maximum atomic E-state index is 12.4. The zero-order valence-corrected chi connectivity index (χ0v) is 9.69. The number of nitrogens with two attached hydrogens (primary N) is 1. The second-order valence-electron chi connectivity index (χ2n) is 3.61. The van der Waals surface area contributed by atoms with Crippen LogP contribution in [0.4, 0.5) is 20.3 Å². The second kappa shape index (κ2) is 5.63. The topological polar surface area (TPSA) is 104 Å². The van der Waals surface area contributed by atoms with Gasteiger partial charge in [-0.05, 0) is 0 Å². The van der Waals surface area contributed by atoms with E-state index in [4.69, 9.17) is 10.8 Å². The van der Waals surface area contributed by atoms with Gasteiger partial charge in [0.15, 0.2) is 0 Å². The van der Waals surface area contributed by atoms with Crippen molar-refractivity contribution in [1.29, 1.82) is 0 Å². The predicted molar refractivity (Wildman–Crippen MR) is 62.0 cm³/mol. The van der Waals surface area contributed by atoms with Gasteiger partial charge in [0.05, 0.1) is 13.2 Å². The molecule has 18 heavy (non-hydrogen) atoms. The summed E-state index contributed by atoms with van der Waals surface area (Å²) < 4.78 is 25.7. The molecule has 9 heteroatoms.